The number of benzene rings is 3. The molecule has 0 unspecified atom stereocenters. The van der Waals surface area contributed by atoms with Gasteiger partial charge in [-0.2, -0.15) is 4.31 Å². The van der Waals surface area contributed by atoms with Crippen LogP contribution >= 0.6 is 0 Å². The summed E-state index contributed by atoms with van der Waals surface area (Å²) in [5.41, 5.74) is 2.71. The summed E-state index contributed by atoms with van der Waals surface area (Å²) in [6.07, 6.45) is 2.23. The Balaban J connectivity index is 1.51. The van der Waals surface area contributed by atoms with Crippen LogP contribution in [0.1, 0.15) is 47.3 Å². The van der Waals surface area contributed by atoms with Crippen LogP contribution in [0.5, 0.6) is 0 Å². The van der Waals surface area contributed by atoms with Crippen LogP contribution < -0.4 is 10.6 Å². The summed E-state index contributed by atoms with van der Waals surface area (Å²) in [5, 5.41) is 8.06. The molecule has 3 aromatic rings. The van der Waals surface area contributed by atoms with E-state index in [2.05, 4.69) is 10.6 Å². The van der Waals surface area contributed by atoms with E-state index in [0.29, 0.717) is 30.6 Å². The first kappa shape index (κ1) is 23.9. The molecular weight excluding hydrogens is 450 g/mol. The average Bonchev–Trinajstić information content (AvgIpc) is 3.31. The Kier molecular flexibility index (Phi) is 6.72. The fourth-order valence-corrected chi connectivity index (χ4v) is 5.67. The number of amides is 2. The fourth-order valence-electron chi connectivity index (χ4n) is 4.55. The topological polar surface area (TPSA) is 95.6 Å². The minimum Gasteiger partial charge on any atom is -0.345 e. The number of aryl methyl sites for hydroxylation is 1. The quantitative estimate of drug-likeness (QED) is 0.559. The highest BCUT2D eigenvalue weighted by Gasteiger charge is 2.36. The smallest absolute Gasteiger partial charge is 0.252 e. The van der Waals surface area contributed by atoms with E-state index in [1.165, 1.54) is 4.31 Å². The van der Waals surface area contributed by atoms with Crippen LogP contribution in [0, 0.1) is 6.92 Å². The van der Waals surface area contributed by atoms with Crippen LogP contribution in [0.4, 0.5) is 5.69 Å². The van der Waals surface area contributed by atoms with Gasteiger partial charge in [-0.3, -0.25) is 9.59 Å². The maximum Gasteiger partial charge on any atom is 0.252 e. The molecule has 0 radical (unpaired) electrons. The molecule has 34 heavy (non-hydrogen) atoms. The zero-order valence-electron chi connectivity index (χ0n) is 19.5. The number of nitrogens with zero attached hydrogens (tertiary/aromatic N) is 1. The van der Waals surface area contributed by atoms with Gasteiger partial charge in [-0.15, -0.1) is 0 Å². The minimum absolute atomic E-state index is 0.224. The monoisotopic (exact) mass is 479 g/mol. The van der Waals surface area contributed by atoms with Gasteiger partial charge in [0, 0.05) is 17.8 Å². The molecule has 4 rings (SSSR count). The number of nitrogens with one attached hydrogen (secondary N) is 2. The first-order valence-electron chi connectivity index (χ1n) is 11.3. The van der Waals surface area contributed by atoms with Gasteiger partial charge in [0.2, 0.25) is 15.9 Å². The SMILES string of the molecule is Cc1ccc(NC(=O)[C@@H]2CCCN2S(C)(=O)=O)cc1C(=O)N[C@H](C)c1cccc2ccccc12. The van der Waals surface area contributed by atoms with Gasteiger partial charge in [-0.25, -0.2) is 8.42 Å². The lowest BCUT2D eigenvalue weighted by Gasteiger charge is -2.21. The van der Waals surface area contributed by atoms with Crippen LogP contribution in [-0.2, 0) is 14.8 Å². The maximum absolute atomic E-state index is 13.2. The summed E-state index contributed by atoms with van der Waals surface area (Å²) in [7, 11) is -3.46. The molecule has 0 aromatic heterocycles. The van der Waals surface area contributed by atoms with Crippen LogP contribution in [0.25, 0.3) is 10.8 Å². The molecule has 1 heterocycles. The van der Waals surface area contributed by atoms with Crippen molar-refractivity contribution in [3.8, 4) is 0 Å². The van der Waals surface area contributed by atoms with Crippen molar-refractivity contribution in [2.75, 3.05) is 18.1 Å². The Morgan fingerprint density at radius 3 is 2.56 bits per heavy atom. The van der Waals surface area contributed by atoms with Crippen molar-refractivity contribution in [1.82, 2.24) is 9.62 Å². The minimum atomic E-state index is -3.46. The van der Waals surface area contributed by atoms with Crippen molar-refractivity contribution in [3.63, 3.8) is 0 Å². The molecule has 7 nitrogen and oxygen atoms in total. The highest BCUT2D eigenvalue weighted by atomic mass is 32.2. The third kappa shape index (κ3) is 4.98. The van der Waals surface area contributed by atoms with Crippen molar-refractivity contribution < 1.29 is 18.0 Å². The molecule has 1 fully saturated rings. The first-order chi connectivity index (χ1) is 16.1. The summed E-state index contributed by atoms with van der Waals surface area (Å²) < 4.78 is 25.2. The van der Waals surface area contributed by atoms with Crippen molar-refractivity contribution >= 4 is 38.3 Å². The third-order valence-electron chi connectivity index (χ3n) is 6.32. The molecule has 3 aromatic carbocycles. The van der Waals surface area contributed by atoms with Crippen molar-refractivity contribution in [2.45, 2.75) is 38.8 Å². The van der Waals surface area contributed by atoms with E-state index >= 15 is 0 Å². The molecule has 0 bridgehead atoms. The van der Waals surface area contributed by atoms with E-state index in [9.17, 15) is 18.0 Å². The largest absolute Gasteiger partial charge is 0.345 e. The van der Waals surface area contributed by atoms with Crippen LogP contribution in [-0.4, -0.2) is 43.4 Å². The molecule has 1 aliphatic heterocycles. The van der Waals surface area contributed by atoms with Crippen LogP contribution in [0.3, 0.4) is 0 Å². The third-order valence-corrected chi connectivity index (χ3v) is 7.61. The van der Waals surface area contributed by atoms with Crippen LogP contribution in [0.2, 0.25) is 0 Å². The molecule has 0 saturated carbocycles. The maximum atomic E-state index is 13.2. The van der Waals surface area contributed by atoms with Crippen molar-refractivity contribution in [2.24, 2.45) is 0 Å². The molecule has 1 aliphatic rings. The van der Waals surface area contributed by atoms with E-state index in [4.69, 9.17) is 0 Å². The number of sulfonamides is 1. The Morgan fingerprint density at radius 1 is 1.06 bits per heavy atom. The second kappa shape index (κ2) is 9.56. The van der Waals surface area contributed by atoms with Crippen molar-refractivity contribution in [1.29, 1.82) is 0 Å². The number of rotatable bonds is 6. The number of carbonyl (C=O) groups excluding carboxylic acids is 2. The summed E-state index contributed by atoms with van der Waals surface area (Å²) in [5.74, 6) is -0.630. The normalized spacial score (nSPS) is 17.4. The summed E-state index contributed by atoms with van der Waals surface area (Å²) in [6, 6.07) is 18.2. The molecule has 0 spiro atoms. The standard InChI is InChI=1S/C26H29N3O4S/c1-17-13-14-20(28-26(31)24-12-7-15-29(24)34(3,32)33)16-23(17)25(30)27-18(2)21-11-6-9-19-8-4-5-10-22(19)21/h4-6,8-11,13-14,16,18,24H,7,12,15H2,1-3H3,(H,27,30)(H,28,31)/t18-,24+/m1/s1. The number of hydrogen-bond acceptors (Lipinski definition) is 4. The average molecular weight is 480 g/mol. The number of fused-ring (bicyclic) bond motifs is 1. The predicted octanol–water partition coefficient (Wildman–Crippen LogP) is 4.00. The van der Waals surface area contributed by atoms with E-state index in [-0.39, 0.29) is 17.9 Å². The van der Waals surface area contributed by atoms with Gasteiger partial charge in [-0.05, 0) is 60.7 Å². The number of carbonyl (C=O) groups is 2. The zero-order valence-corrected chi connectivity index (χ0v) is 20.4. The van der Waals surface area contributed by atoms with Crippen molar-refractivity contribution in [3.05, 3.63) is 77.4 Å². The Labute approximate surface area is 200 Å². The van der Waals surface area contributed by atoms with Gasteiger partial charge >= 0.3 is 0 Å². The molecule has 8 heteroatoms. The lowest BCUT2D eigenvalue weighted by atomic mass is 9.99. The Morgan fingerprint density at radius 2 is 1.79 bits per heavy atom. The summed E-state index contributed by atoms with van der Waals surface area (Å²) in [6.45, 7) is 4.12. The second-order valence-corrected chi connectivity index (χ2v) is 10.7. The van der Waals surface area contributed by atoms with Gasteiger partial charge in [0.1, 0.15) is 6.04 Å². The Bertz CT molecular complexity index is 1350. The van der Waals surface area contributed by atoms with E-state index < -0.39 is 16.1 Å². The zero-order chi connectivity index (χ0) is 24.5. The predicted molar refractivity (Wildman–Crippen MR) is 134 cm³/mol. The number of hydrogen-bond donors (Lipinski definition) is 2. The lowest BCUT2D eigenvalue weighted by molar-refractivity contribution is -0.119. The highest BCUT2D eigenvalue weighted by Crippen LogP contribution is 2.26. The van der Waals surface area contributed by atoms with Gasteiger partial charge < -0.3 is 10.6 Å². The van der Waals surface area contributed by atoms with Gasteiger partial charge in [0.15, 0.2) is 0 Å². The van der Waals surface area contributed by atoms with Gasteiger partial charge in [0.05, 0.1) is 12.3 Å². The molecule has 1 saturated heterocycles. The number of anilines is 1. The fraction of sp³-hybridized carbons (Fsp3) is 0.308. The summed E-state index contributed by atoms with van der Waals surface area (Å²) in [4.78, 5) is 26.0. The van der Waals surface area contributed by atoms with Crippen LogP contribution in [0.15, 0.2) is 60.7 Å². The molecule has 2 N–H and O–H groups in total. The molecule has 2 atom stereocenters. The molecule has 2 amide bonds. The lowest BCUT2D eigenvalue weighted by Crippen LogP contribution is -2.42. The van der Waals surface area contributed by atoms with Gasteiger partial charge in [0.25, 0.3) is 5.91 Å². The van der Waals surface area contributed by atoms with Gasteiger partial charge in [-0.1, -0.05) is 48.5 Å². The Hall–Kier alpha value is -3.23. The molecule has 0 aliphatic carbocycles. The second-order valence-electron chi connectivity index (χ2n) is 8.81. The molecular formula is C26H29N3O4S. The summed E-state index contributed by atoms with van der Waals surface area (Å²) >= 11 is 0. The molecule has 178 valence electrons. The van der Waals surface area contributed by atoms with E-state index in [1.807, 2.05) is 56.3 Å². The van der Waals surface area contributed by atoms with E-state index in [0.717, 1.165) is 28.2 Å². The van der Waals surface area contributed by atoms with E-state index in [1.54, 1.807) is 18.2 Å². The first-order valence-corrected chi connectivity index (χ1v) is 13.2. The highest BCUT2D eigenvalue weighted by molar-refractivity contribution is 7.88.